The molecule has 3 fully saturated rings. The predicted molar refractivity (Wildman–Crippen MR) is 119 cm³/mol. The van der Waals surface area contributed by atoms with E-state index in [1.807, 2.05) is 23.1 Å². The first kappa shape index (κ1) is 21.8. The van der Waals surface area contributed by atoms with E-state index in [-0.39, 0.29) is 17.4 Å². The number of likely N-dealkylation sites (tertiary alicyclic amines) is 1. The Morgan fingerprint density at radius 1 is 1.20 bits per heavy atom. The van der Waals surface area contributed by atoms with Crippen molar-refractivity contribution in [1.82, 2.24) is 9.80 Å². The highest BCUT2D eigenvalue weighted by atomic mass is 16.5. The zero-order valence-electron chi connectivity index (χ0n) is 18.7. The lowest BCUT2D eigenvalue weighted by atomic mass is 9.76. The number of nitrogens with zero attached hydrogens (tertiary/aromatic N) is 2. The summed E-state index contributed by atoms with van der Waals surface area (Å²) >= 11 is 0. The molecule has 0 unspecified atom stereocenters. The summed E-state index contributed by atoms with van der Waals surface area (Å²) in [7, 11) is 2.21. The first-order valence-corrected chi connectivity index (χ1v) is 11.9. The first-order valence-electron chi connectivity index (χ1n) is 11.9. The van der Waals surface area contributed by atoms with Gasteiger partial charge >= 0.3 is 0 Å². The van der Waals surface area contributed by atoms with E-state index in [9.17, 15) is 9.90 Å². The number of carbonyl (C=O) groups is 1. The van der Waals surface area contributed by atoms with Crippen molar-refractivity contribution < 1.29 is 14.6 Å². The molecule has 0 aromatic heterocycles. The van der Waals surface area contributed by atoms with Gasteiger partial charge in [-0.2, -0.15) is 0 Å². The Hall–Kier alpha value is -1.43. The van der Waals surface area contributed by atoms with Crippen molar-refractivity contribution in [2.24, 2.45) is 5.41 Å². The molecule has 5 nitrogen and oxygen atoms in total. The average Bonchev–Trinajstić information content (AvgIpc) is 3.16. The lowest BCUT2D eigenvalue weighted by Crippen LogP contribution is -2.44. The topological polar surface area (TPSA) is 53.0 Å². The third-order valence-electron chi connectivity index (χ3n) is 7.81. The molecule has 0 bridgehead atoms. The number of benzene rings is 1. The minimum atomic E-state index is -0.0992. The van der Waals surface area contributed by atoms with E-state index in [0.29, 0.717) is 12.1 Å². The van der Waals surface area contributed by atoms with Gasteiger partial charge in [0.2, 0.25) is 0 Å². The molecule has 5 heteroatoms. The number of ether oxygens (including phenoxy) is 1. The SMILES string of the molecule is CCc1ccccc1C(=O)N1CCC2(CC1)CO[C@@H](CN(C)C1CCC(O)CC1)C2. The van der Waals surface area contributed by atoms with Crippen molar-refractivity contribution in [2.45, 2.75) is 76.5 Å². The third kappa shape index (κ3) is 4.74. The summed E-state index contributed by atoms with van der Waals surface area (Å²) in [5.41, 5.74) is 2.26. The van der Waals surface area contributed by atoms with Gasteiger partial charge in [-0.3, -0.25) is 4.79 Å². The summed E-state index contributed by atoms with van der Waals surface area (Å²) in [6.07, 6.45) is 8.32. The second kappa shape index (κ2) is 9.37. The van der Waals surface area contributed by atoms with Gasteiger partial charge in [0.1, 0.15) is 0 Å². The van der Waals surface area contributed by atoms with Crippen LogP contribution in [-0.4, -0.2) is 72.4 Å². The zero-order valence-corrected chi connectivity index (χ0v) is 18.7. The predicted octanol–water partition coefficient (Wildman–Crippen LogP) is 3.50. The highest BCUT2D eigenvalue weighted by molar-refractivity contribution is 5.95. The Morgan fingerprint density at radius 2 is 1.90 bits per heavy atom. The fourth-order valence-electron chi connectivity index (χ4n) is 5.72. The minimum absolute atomic E-state index is 0.0992. The number of piperidine rings is 1. The van der Waals surface area contributed by atoms with Crippen molar-refractivity contribution >= 4 is 5.91 Å². The smallest absolute Gasteiger partial charge is 0.254 e. The van der Waals surface area contributed by atoms with Gasteiger partial charge in [-0.15, -0.1) is 0 Å². The van der Waals surface area contributed by atoms with Crippen LogP contribution in [0, 0.1) is 5.41 Å². The lowest BCUT2D eigenvalue weighted by Gasteiger charge is -2.39. The molecule has 1 aromatic rings. The monoisotopic (exact) mass is 414 g/mol. The van der Waals surface area contributed by atoms with Crippen molar-refractivity contribution in [1.29, 1.82) is 0 Å². The molecule has 2 heterocycles. The molecular formula is C25H38N2O3. The zero-order chi connectivity index (χ0) is 21.1. The van der Waals surface area contributed by atoms with E-state index >= 15 is 0 Å². The molecule has 4 rings (SSSR count). The van der Waals surface area contributed by atoms with Crippen LogP contribution in [-0.2, 0) is 11.2 Å². The van der Waals surface area contributed by atoms with Gasteiger partial charge < -0.3 is 19.6 Å². The van der Waals surface area contributed by atoms with Gasteiger partial charge in [-0.25, -0.2) is 0 Å². The van der Waals surface area contributed by atoms with Crippen LogP contribution in [0.1, 0.15) is 67.8 Å². The van der Waals surface area contributed by atoms with Gasteiger partial charge in [0.15, 0.2) is 0 Å². The van der Waals surface area contributed by atoms with Gasteiger partial charge in [0.25, 0.3) is 5.91 Å². The third-order valence-corrected chi connectivity index (χ3v) is 7.81. The molecule has 1 N–H and O–H groups in total. The molecule has 1 aliphatic carbocycles. The number of amides is 1. The Morgan fingerprint density at radius 3 is 2.60 bits per heavy atom. The number of carbonyl (C=O) groups excluding carboxylic acids is 1. The Labute approximate surface area is 181 Å². The number of aliphatic hydroxyl groups is 1. The highest BCUT2D eigenvalue weighted by Crippen LogP contribution is 2.42. The maximum atomic E-state index is 13.1. The van der Waals surface area contributed by atoms with Crippen LogP contribution in [0.5, 0.6) is 0 Å². The van der Waals surface area contributed by atoms with Crippen molar-refractivity contribution in [3.8, 4) is 0 Å². The van der Waals surface area contributed by atoms with Crippen molar-refractivity contribution in [3.05, 3.63) is 35.4 Å². The number of aryl methyl sites for hydroxylation is 1. The van der Waals surface area contributed by atoms with Gasteiger partial charge in [0, 0.05) is 31.2 Å². The highest BCUT2D eigenvalue weighted by Gasteiger charge is 2.43. The van der Waals surface area contributed by atoms with Crippen LogP contribution in [0.15, 0.2) is 24.3 Å². The standard InChI is InChI=1S/C25H38N2O3/c1-3-19-6-4-5-7-23(19)24(29)27-14-12-25(13-15-27)16-22(30-18-25)17-26(2)20-8-10-21(28)11-9-20/h4-7,20-22,28H,3,8-18H2,1-2H3/t20?,21?,22-/m1/s1. The van der Waals surface area contributed by atoms with E-state index < -0.39 is 0 Å². The molecule has 166 valence electrons. The van der Waals surface area contributed by atoms with Crippen LogP contribution in [0.2, 0.25) is 0 Å². The molecule has 2 aliphatic heterocycles. The molecule has 0 radical (unpaired) electrons. The van der Waals surface area contributed by atoms with E-state index in [0.717, 1.165) is 88.7 Å². The second-order valence-corrected chi connectivity index (χ2v) is 9.84. The molecule has 3 aliphatic rings. The number of hydrogen-bond acceptors (Lipinski definition) is 4. The van der Waals surface area contributed by atoms with Gasteiger partial charge in [0.05, 0.1) is 18.8 Å². The van der Waals surface area contributed by atoms with E-state index in [2.05, 4.69) is 24.9 Å². The lowest BCUT2D eigenvalue weighted by molar-refractivity contribution is 0.0336. The van der Waals surface area contributed by atoms with Crippen LogP contribution in [0.4, 0.5) is 0 Å². The average molecular weight is 415 g/mol. The number of aliphatic hydroxyl groups excluding tert-OH is 1. The Balaban J connectivity index is 1.28. The van der Waals surface area contributed by atoms with Gasteiger partial charge in [-0.05, 0) is 75.5 Å². The molecule has 1 aromatic carbocycles. The Kier molecular flexibility index (Phi) is 6.81. The summed E-state index contributed by atoms with van der Waals surface area (Å²) < 4.78 is 6.25. The minimum Gasteiger partial charge on any atom is -0.393 e. The maximum absolute atomic E-state index is 13.1. The molecule has 30 heavy (non-hydrogen) atoms. The summed E-state index contributed by atoms with van der Waals surface area (Å²) in [5.74, 6) is 0.192. The van der Waals surface area contributed by atoms with Crippen LogP contribution in [0.3, 0.4) is 0 Å². The largest absolute Gasteiger partial charge is 0.393 e. The van der Waals surface area contributed by atoms with Crippen LogP contribution < -0.4 is 0 Å². The van der Waals surface area contributed by atoms with E-state index in [1.54, 1.807) is 0 Å². The Bertz CT molecular complexity index is 721. The molecule has 2 saturated heterocycles. The van der Waals surface area contributed by atoms with Gasteiger partial charge in [-0.1, -0.05) is 25.1 Å². The first-order chi connectivity index (χ1) is 14.5. The molecular weight excluding hydrogens is 376 g/mol. The summed E-state index contributed by atoms with van der Waals surface area (Å²) in [5, 5.41) is 9.75. The summed E-state index contributed by atoms with van der Waals surface area (Å²) in [6, 6.07) is 8.60. The van der Waals surface area contributed by atoms with Crippen molar-refractivity contribution in [2.75, 3.05) is 33.3 Å². The second-order valence-electron chi connectivity index (χ2n) is 9.84. The van der Waals surface area contributed by atoms with E-state index in [1.165, 1.54) is 0 Å². The fraction of sp³-hybridized carbons (Fsp3) is 0.720. The quantitative estimate of drug-likeness (QED) is 0.801. The maximum Gasteiger partial charge on any atom is 0.254 e. The fourth-order valence-corrected chi connectivity index (χ4v) is 5.72. The molecule has 1 spiro atoms. The van der Waals surface area contributed by atoms with Crippen molar-refractivity contribution in [3.63, 3.8) is 0 Å². The summed E-state index contributed by atoms with van der Waals surface area (Å²) in [6.45, 7) is 5.60. The summed E-state index contributed by atoms with van der Waals surface area (Å²) in [4.78, 5) is 17.6. The number of rotatable bonds is 5. The number of likely N-dealkylation sites (N-methyl/N-ethyl adjacent to an activating group) is 1. The van der Waals surface area contributed by atoms with Crippen LogP contribution in [0.25, 0.3) is 0 Å². The molecule has 1 atom stereocenters. The molecule has 1 saturated carbocycles. The van der Waals surface area contributed by atoms with E-state index in [4.69, 9.17) is 4.74 Å². The number of hydrogen-bond donors (Lipinski definition) is 1. The molecule has 1 amide bonds. The van der Waals surface area contributed by atoms with Crippen LogP contribution >= 0.6 is 0 Å². The normalized spacial score (nSPS) is 28.9.